The molecule has 0 radical (unpaired) electrons. The van der Waals surface area contributed by atoms with Gasteiger partial charge in [-0.05, 0) is 24.1 Å². The second-order valence-electron chi connectivity index (χ2n) is 3.62. The van der Waals surface area contributed by atoms with Gasteiger partial charge in [0, 0.05) is 19.8 Å². The molecule has 0 fully saturated rings. The van der Waals surface area contributed by atoms with E-state index in [1.54, 1.807) is 0 Å². The molecule has 0 saturated heterocycles. The first-order valence-corrected chi connectivity index (χ1v) is 5.41. The van der Waals surface area contributed by atoms with Crippen LogP contribution in [-0.2, 0) is 6.42 Å². The SMILES string of the molecule is CCC.CCc1ccc(N(C)C)cc1. The van der Waals surface area contributed by atoms with Crippen molar-refractivity contribution in [3.05, 3.63) is 29.8 Å². The van der Waals surface area contributed by atoms with Gasteiger partial charge in [0.15, 0.2) is 0 Å². The zero-order valence-electron chi connectivity index (χ0n) is 10.2. The van der Waals surface area contributed by atoms with Gasteiger partial charge in [-0.2, -0.15) is 0 Å². The summed E-state index contributed by atoms with van der Waals surface area (Å²) in [4.78, 5) is 2.11. The Morgan fingerprint density at radius 1 is 0.929 bits per heavy atom. The lowest BCUT2D eigenvalue weighted by molar-refractivity contribution is 1.09. The fraction of sp³-hybridized carbons (Fsp3) is 0.538. The fourth-order valence-corrected chi connectivity index (χ4v) is 1.03. The summed E-state index contributed by atoms with van der Waals surface area (Å²) in [6.45, 7) is 6.42. The van der Waals surface area contributed by atoms with Crippen molar-refractivity contribution in [1.82, 2.24) is 0 Å². The van der Waals surface area contributed by atoms with Crippen LogP contribution in [-0.4, -0.2) is 14.1 Å². The molecule has 0 saturated carbocycles. The van der Waals surface area contributed by atoms with Crippen molar-refractivity contribution in [3.63, 3.8) is 0 Å². The third-order valence-corrected chi connectivity index (χ3v) is 1.86. The molecule has 0 amide bonds. The standard InChI is InChI=1S/C10H15N.C3H8/c1-4-9-5-7-10(8-6-9)11(2)3;1-3-2/h5-8H,4H2,1-3H3;3H2,1-2H3. The van der Waals surface area contributed by atoms with Gasteiger partial charge in [0.25, 0.3) is 0 Å². The molecule has 0 aliphatic heterocycles. The predicted molar refractivity (Wildman–Crippen MR) is 66.1 cm³/mol. The van der Waals surface area contributed by atoms with Crippen LogP contribution in [0, 0.1) is 0 Å². The monoisotopic (exact) mass is 193 g/mol. The highest BCUT2D eigenvalue weighted by Gasteiger charge is 1.92. The molecule has 80 valence electrons. The molecule has 1 aromatic rings. The average Bonchev–Trinajstić information content (AvgIpc) is 2.19. The second-order valence-corrected chi connectivity index (χ2v) is 3.62. The second kappa shape index (κ2) is 7.43. The van der Waals surface area contributed by atoms with Crippen molar-refractivity contribution in [2.24, 2.45) is 0 Å². The summed E-state index contributed by atoms with van der Waals surface area (Å²) in [7, 11) is 4.11. The fourth-order valence-electron chi connectivity index (χ4n) is 1.03. The van der Waals surface area contributed by atoms with Gasteiger partial charge in [0.1, 0.15) is 0 Å². The molecule has 0 atom stereocenters. The topological polar surface area (TPSA) is 3.24 Å². The van der Waals surface area contributed by atoms with E-state index in [9.17, 15) is 0 Å². The van der Waals surface area contributed by atoms with Gasteiger partial charge < -0.3 is 4.90 Å². The minimum atomic E-state index is 1.12. The first-order valence-electron chi connectivity index (χ1n) is 5.41. The number of aryl methyl sites for hydroxylation is 1. The van der Waals surface area contributed by atoms with Gasteiger partial charge in [-0.1, -0.05) is 39.3 Å². The molecule has 14 heavy (non-hydrogen) atoms. The molecule has 0 unspecified atom stereocenters. The summed E-state index contributed by atoms with van der Waals surface area (Å²) in [5, 5.41) is 0. The molecule has 0 heterocycles. The zero-order chi connectivity index (χ0) is 11.0. The third-order valence-electron chi connectivity index (χ3n) is 1.86. The van der Waals surface area contributed by atoms with E-state index in [0.29, 0.717) is 0 Å². The van der Waals surface area contributed by atoms with E-state index in [-0.39, 0.29) is 0 Å². The van der Waals surface area contributed by atoms with Gasteiger partial charge in [-0.3, -0.25) is 0 Å². The molecular weight excluding hydrogens is 170 g/mol. The summed E-state index contributed by atoms with van der Waals surface area (Å²) in [6.07, 6.45) is 2.37. The van der Waals surface area contributed by atoms with Crippen molar-refractivity contribution in [2.45, 2.75) is 33.6 Å². The first kappa shape index (κ1) is 13.0. The molecule has 1 rings (SSSR count). The molecule has 0 N–H and O–H groups in total. The zero-order valence-corrected chi connectivity index (χ0v) is 10.2. The summed E-state index contributed by atoms with van der Waals surface area (Å²) >= 11 is 0. The van der Waals surface area contributed by atoms with Crippen LogP contribution < -0.4 is 4.90 Å². The maximum Gasteiger partial charge on any atom is 0.0361 e. The molecule has 1 aromatic carbocycles. The Morgan fingerprint density at radius 2 is 1.36 bits per heavy atom. The Bertz CT molecular complexity index is 223. The highest BCUT2D eigenvalue weighted by Crippen LogP contribution is 2.11. The normalized spacial score (nSPS) is 8.93. The van der Waals surface area contributed by atoms with Gasteiger partial charge in [0.2, 0.25) is 0 Å². The molecule has 0 bridgehead atoms. The van der Waals surface area contributed by atoms with Crippen LogP contribution in [0.2, 0.25) is 0 Å². The number of hydrogen-bond donors (Lipinski definition) is 0. The molecular formula is C13H23N. The quantitative estimate of drug-likeness (QED) is 0.691. The Labute approximate surface area is 88.8 Å². The Morgan fingerprint density at radius 3 is 1.64 bits per heavy atom. The number of anilines is 1. The molecule has 1 nitrogen and oxygen atoms in total. The van der Waals surface area contributed by atoms with Crippen LogP contribution in [0.5, 0.6) is 0 Å². The molecule has 0 spiro atoms. The summed E-state index contributed by atoms with van der Waals surface area (Å²) in [6, 6.07) is 8.66. The largest absolute Gasteiger partial charge is 0.378 e. The third kappa shape index (κ3) is 4.90. The van der Waals surface area contributed by atoms with E-state index < -0.39 is 0 Å². The van der Waals surface area contributed by atoms with Crippen molar-refractivity contribution >= 4 is 5.69 Å². The number of nitrogens with zero attached hydrogens (tertiary/aromatic N) is 1. The Kier molecular flexibility index (Phi) is 6.91. The van der Waals surface area contributed by atoms with E-state index in [4.69, 9.17) is 0 Å². The number of rotatable bonds is 2. The first-order chi connectivity index (χ1) is 6.65. The molecule has 0 aromatic heterocycles. The lowest BCUT2D eigenvalue weighted by Gasteiger charge is -2.11. The highest BCUT2D eigenvalue weighted by molar-refractivity contribution is 5.45. The Hall–Kier alpha value is -0.980. The van der Waals surface area contributed by atoms with E-state index in [0.717, 1.165) is 6.42 Å². The van der Waals surface area contributed by atoms with Crippen LogP contribution in [0.15, 0.2) is 24.3 Å². The van der Waals surface area contributed by atoms with E-state index in [2.05, 4.69) is 64.0 Å². The van der Waals surface area contributed by atoms with Crippen molar-refractivity contribution in [2.75, 3.05) is 19.0 Å². The van der Waals surface area contributed by atoms with Gasteiger partial charge >= 0.3 is 0 Å². The van der Waals surface area contributed by atoms with Crippen LogP contribution in [0.1, 0.15) is 32.8 Å². The van der Waals surface area contributed by atoms with Crippen LogP contribution in [0.3, 0.4) is 0 Å². The van der Waals surface area contributed by atoms with E-state index in [1.165, 1.54) is 17.7 Å². The van der Waals surface area contributed by atoms with Crippen molar-refractivity contribution < 1.29 is 0 Å². The summed E-state index contributed by atoms with van der Waals surface area (Å²) in [5.41, 5.74) is 2.66. The van der Waals surface area contributed by atoms with Crippen molar-refractivity contribution in [1.29, 1.82) is 0 Å². The highest BCUT2D eigenvalue weighted by atomic mass is 15.1. The minimum Gasteiger partial charge on any atom is -0.378 e. The average molecular weight is 193 g/mol. The van der Waals surface area contributed by atoms with Crippen LogP contribution in [0.4, 0.5) is 5.69 Å². The van der Waals surface area contributed by atoms with Crippen LogP contribution >= 0.6 is 0 Å². The smallest absolute Gasteiger partial charge is 0.0361 e. The van der Waals surface area contributed by atoms with E-state index >= 15 is 0 Å². The maximum absolute atomic E-state index is 2.18. The lowest BCUT2D eigenvalue weighted by atomic mass is 10.1. The lowest BCUT2D eigenvalue weighted by Crippen LogP contribution is -2.08. The number of hydrogen-bond acceptors (Lipinski definition) is 1. The summed E-state index contributed by atoms with van der Waals surface area (Å²) in [5.74, 6) is 0. The number of benzene rings is 1. The van der Waals surface area contributed by atoms with Gasteiger partial charge in [0.05, 0.1) is 0 Å². The minimum absolute atomic E-state index is 1.12. The maximum atomic E-state index is 2.18. The Balaban J connectivity index is 0.000000500. The van der Waals surface area contributed by atoms with Gasteiger partial charge in [-0.15, -0.1) is 0 Å². The van der Waals surface area contributed by atoms with E-state index in [1.807, 2.05) is 0 Å². The van der Waals surface area contributed by atoms with Crippen LogP contribution in [0.25, 0.3) is 0 Å². The predicted octanol–water partition coefficient (Wildman–Crippen LogP) is 3.73. The van der Waals surface area contributed by atoms with Crippen molar-refractivity contribution in [3.8, 4) is 0 Å². The van der Waals surface area contributed by atoms with Gasteiger partial charge in [-0.25, -0.2) is 0 Å². The summed E-state index contributed by atoms with van der Waals surface area (Å²) < 4.78 is 0. The molecule has 0 aliphatic carbocycles. The molecule has 0 aliphatic rings. The molecule has 1 heteroatoms.